The largest absolute Gasteiger partial charge is 0.465 e. The van der Waals surface area contributed by atoms with E-state index in [2.05, 4.69) is 0 Å². The summed E-state index contributed by atoms with van der Waals surface area (Å²) in [6.45, 7) is 2.02. The summed E-state index contributed by atoms with van der Waals surface area (Å²) in [5.41, 5.74) is 6.06. The van der Waals surface area contributed by atoms with Crippen LogP contribution in [0.2, 0.25) is 0 Å². The minimum atomic E-state index is -0.648. The summed E-state index contributed by atoms with van der Waals surface area (Å²) >= 11 is 1.44. The van der Waals surface area contributed by atoms with Crippen molar-refractivity contribution in [3.8, 4) is 0 Å². The van der Waals surface area contributed by atoms with Crippen molar-refractivity contribution >= 4 is 17.7 Å². The van der Waals surface area contributed by atoms with Crippen LogP contribution in [-0.2, 0) is 15.3 Å². The molecule has 0 aliphatic carbocycles. The lowest BCUT2D eigenvalue weighted by Gasteiger charge is -2.10. The number of carbonyl (C=O) groups is 1. The molecule has 19 heavy (non-hydrogen) atoms. The van der Waals surface area contributed by atoms with E-state index in [4.69, 9.17) is 10.5 Å². The van der Waals surface area contributed by atoms with Crippen LogP contribution >= 0.6 is 11.8 Å². The highest BCUT2D eigenvalue weighted by molar-refractivity contribution is 7.98. The maximum atomic E-state index is 13.3. The van der Waals surface area contributed by atoms with E-state index in [1.54, 1.807) is 6.92 Å². The van der Waals surface area contributed by atoms with E-state index in [9.17, 15) is 13.6 Å². The van der Waals surface area contributed by atoms with E-state index in [1.807, 2.05) is 0 Å². The Labute approximate surface area is 115 Å². The second-order valence-corrected chi connectivity index (χ2v) is 5.04. The van der Waals surface area contributed by atoms with Gasteiger partial charge in [0.2, 0.25) is 0 Å². The Hall–Kier alpha value is -1.14. The monoisotopic (exact) mass is 289 g/mol. The molecule has 0 saturated heterocycles. The molecular weight excluding hydrogens is 272 g/mol. The van der Waals surface area contributed by atoms with Gasteiger partial charge in [0, 0.05) is 11.8 Å². The number of esters is 1. The molecule has 1 rings (SSSR count). The molecule has 1 atom stereocenters. The standard InChI is InChI=1S/C13H17F2NO2S/c1-2-18-13(17)12(16)5-6-19-8-9-3-4-10(14)7-11(9)15/h3-4,7,12H,2,5-6,8,16H2,1H3. The zero-order chi connectivity index (χ0) is 14.3. The number of nitrogens with two attached hydrogens (primary N) is 1. The number of thioether (sulfide) groups is 1. The lowest BCUT2D eigenvalue weighted by atomic mass is 10.2. The van der Waals surface area contributed by atoms with Crippen molar-refractivity contribution in [2.45, 2.75) is 25.1 Å². The summed E-state index contributed by atoms with van der Waals surface area (Å²) in [7, 11) is 0. The summed E-state index contributed by atoms with van der Waals surface area (Å²) < 4.78 is 30.8. The molecule has 1 aromatic carbocycles. The van der Waals surface area contributed by atoms with Gasteiger partial charge in [-0.25, -0.2) is 8.78 Å². The van der Waals surface area contributed by atoms with E-state index in [0.29, 0.717) is 30.1 Å². The van der Waals surface area contributed by atoms with Crippen molar-refractivity contribution in [2.75, 3.05) is 12.4 Å². The Morgan fingerprint density at radius 2 is 2.21 bits per heavy atom. The van der Waals surface area contributed by atoms with Gasteiger partial charge in [-0.3, -0.25) is 4.79 Å². The summed E-state index contributed by atoms with van der Waals surface area (Å²) in [5, 5.41) is 0. The summed E-state index contributed by atoms with van der Waals surface area (Å²) in [6.07, 6.45) is 0.465. The third-order valence-corrected chi connectivity index (χ3v) is 3.47. The highest BCUT2D eigenvalue weighted by atomic mass is 32.2. The van der Waals surface area contributed by atoms with Crippen LogP contribution in [0.3, 0.4) is 0 Å². The van der Waals surface area contributed by atoms with E-state index in [0.717, 1.165) is 6.07 Å². The number of hydrogen-bond donors (Lipinski definition) is 1. The number of rotatable bonds is 7. The fourth-order valence-electron chi connectivity index (χ4n) is 1.40. The Morgan fingerprint density at radius 1 is 1.47 bits per heavy atom. The molecule has 1 unspecified atom stereocenters. The molecule has 3 nitrogen and oxygen atoms in total. The molecule has 0 fully saturated rings. The van der Waals surface area contributed by atoms with Crippen molar-refractivity contribution in [2.24, 2.45) is 5.73 Å². The van der Waals surface area contributed by atoms with Crippen LogP contribution in [0.1, 0.15) is 18.9 Å². The number of carbonyl (C=O) groups excluding carboxylic acids is 1. The number of ether oxygens (including phenoxy) is 1. The normalized spacial score (nSPS) is 12.2. The summed E-state index contributed by atoms with van der Waals surface area (Å²) in [4.78, 5) is 11.2. The Morgan fingerprint density at radius 3 is 2.84 bits per heavy atom. The first-order valence-electron chi connectivity index (χ1n) is 5.98. The topological polar surface area (TPSA) is 52.3 Å². The zero-order valence-corrected chi connectivity index (χ0v) is 11.5. The molecule has 106 valence electrons. The van der Waals surface area contributed by atoms with Gasteiger partial charge < -0.3 is 10.5 Å². The quantitative estimate of drug-likeness (QED) is 0.619. The van der Waals surface area contributed by atoms with Crippen LogP contribution in [-0.4, -0.2) is 24.4 Å². The molecule has 0 saturated carbocycles. The Kier molecular flexibility index (Phi) is 6.80. The van der Waals surface area contributed by atoms with Gasteiger partial charge in [-0.1, -0.05) is 6.07 Å². The summed E-state index contributed by atoms with van der Waals surface area (Å²) in [5.74, 6) is -0.535. The maximum Gasteiger partial charge on any atom is 0.322 e. The Bertz CT molecular complexity index is 429. The molecule has 0 spiro atoms. The number of hydrogen-bond acceptors (Lipinski definition) is 4. The van der Waals surface area contributed by atoms with Gasteiger partial charge in [-0.05, 0) is 30.7 Å². The molecule has 0 heterocycles. The highest BCUT2D eigenvalue weighted by Gasteiger charge is 2.14. The molecule has 0 aliphatic rings. The molecule has 0 radical (unpaired) electrons. The van der Waals surface area contributed by atoms with Crippen LogP contribution in [0.25, 0.3) is 0 Å². The molecule has 6 heteroatoms. The van der Waals surface area contributed by atoms with Gasteiger partial charge in [0.25, 0.3) is 0 Å². The van der Waals surface area contributed by atoms with Crippen LogP contribution < -0.4 is 5.73 Å². The lowest BCUT2D eigenvalue weighted by molar-refractivity contribution is -0.144. The van der Waals surface area contributed by atoms with Crippen molar-refractivity contribution in [3.63, 3.8) is 0 Å². The van der Waals surface area contributed by atoms with Crippen molar-refractivity contribution in [3.05, 3.63) is 35.4 Å². The number of benzene rings is 1. The first-order chi connectivity index (χ1) is 9.04. The first kappa shape index (κ1) is 15.9. The Balaban J connectivity index is 2.29. The zero-order valence-electron chi connectivity index (χ0n) is 10.7. The first-order valence-corrected chi connectivity index (χ1v) is 7.14. The molecule has 2 N–H and O–H groups in total. The van der Waals surface area contributed by atoms with E-state index < -0.39 is 23.6 Å². The molecular formula is C13H17F2NO2S. The fourth-order valence-corrected chi connectivity index (χ4v) is 2.42. The van der Waals surface area contributed by atoms with E-state index >= 15 is 0 Å². The van der Waals surface area contributed by atoms with Crippen LogP contribution in [0, 0.1) is 11.6 Å². The molecule has 0 aliphatic heterocycles. The molecule has 0 bridgehead atoms. The van der Waals surface area contributed by atoms with E-state index in [1.165, 1.54) is 23.9 Å². The maximum absolute atomic E-state index is 13.3. The lowest BCUT2D eigenvalue weighted by Crippen LogP contribution is -2.32. The van der Waals surface area contributed by atoms with Crippen LogP contribution in [0.4, 0.5) is 8.78 Å². The van der Waals surface area contributed by atoms with Gasteiger partial charge in [-0.15, -0.1) is 0 Å². The van der Waals surface area contributed by atoms with Gasteiger partial charge in [0.15, 0.2) is 0 Å². The van der Waals surface area contributed by atoms with Crippen molar-refractivity contribution in [1.29, 1.82) is 0 Å². The predicted molar refractivity (Wildman–Crippen MR) is 71.7 cm³/mol. The minimum Gasteiger partial charge on any atom is -0.465 e. The SMILES string of the molecule is CCOC(=O)C(N)CCSCc1ccc(F)cc1F. The van der Waals surface area contributed by atoms with Gasteiger partial charge in [-0.2, -0.15) is 11.8 Å². The van der Waals surface area contributed by atoms with Crippen LogP contribution in [0.15, 0.2) is 18.2 Å². The van der Waals surface area contributed by atoms with Gasteiger partial charge in [0.05, 0.1) is 6.61 Å². The molecule has 0 amide bonds. The van der Waals surface area contributed by atoms with Gasteiger partial charge >= 0.3 is 5.97 Å². The summed E-state index contributed by atoms with van der Waals surface area (Å²) in [6, 6.07) is 2.86. The highest BCUT2D eigenvalue weighted by Crippen LogP contribution is 2.17. The third kappa shape index (κ3) is 5.57. The van der Waals surface area contributed by atoms with Crippen molar-refractivity contribution < 1.29 is 18.3 Å². The molecule has 0 aromatic heterocycles. The van der Waals surface area contributed by atoms with E-state index in [-0.39, 0.29) is 0 Å². The fraction of sp³-hybridized carbons (Fsp3) is 0.462. The second-order valence-electron chi connectivity index (χ2n) is 3.94. The number of halogens is 2. The second kappa shape index (κ2) is 8.12. The van der Waals surface area contributed by atoms with Gasteiger partial charge in [0.1, 0.15) is 17.7 Å². The molecule has 1 aromatic rings. The van der Waals surface area contributed by atoms with Crippen LogP contribution in [0.5, 0.6) is 0 Å². The minimum absolute atomic E-state index is 0.306. The predicted octanol–water partition coefficient (Wildman–Crippen LogP) is 2.48. The van der Waals surface area contributed by atoms with Crippen molar-refractivity contribution in [1.82, 2.24) is 0 Å². The average molecular weight is 289 g/mol. The smallest absolute Gasteiger partial charge is 0.322 e. The average Bonchev–Trinajstić information content (AvgIpc) is 2.36. The third-order valence-electron chi connectivity index (χ3n) is 2.44.